The van der Waals surface area contributed by atoms with Crippen molar-refractivity contribution in [3.8, 4) is 0 Å². The molecule has 1 amide bonds. The Bertz CT molecular complexity index is 526. The summed E-state index contributed by atoms with van der Waals surface area (Å²) in [6, 6.07) is 1.22. The number of amides is 1. The van der Waals surface area contributed by atoms with E-state index < -0.39 is 11.3 Å². The van der Waals surface area contributed by atoms with E-state index in [0.717, 1.165) is 0 Å². The molecule has 0 radical (unpaired) electrons. The number of rotatable bonds is 0. The molecule has 0 fully saturated rings. The van der Waals surface area contributed by atoms with Gasteiger partial charge in [-0.05, 0) is 0 Å². The van der Waals surface area contributed by atoms with Gasteiger partial charge in [-0.1, -0.05) is 11.8 Å². The fourth-order valence-corrected chi connectivity index (χ4v) is 3.01. The Kier molecular flexibility index (Phi) is 1.56. The van der Waals surface area contributed by atoms with Crippen LogP contribution in [0.25, 0.3) is 0 Å². The number of hydrogen-bond donors (Lipinski definition) is 2. The summed E-state index contributed by atoms with van der Waals surface area (Å²) < 4.78 is 1.51. The van der Waals surface area contributed by atoms with Crippen molar-refractivity contribution in [2.45, 2.75) is 17.3 Å². The number of hydrogen-bond acceptors (Lipinski definition) is 5. The van der Waals surface area contributed by atoms with Crippen LogP contribution >= 0.6 is 11.8 Å². The Morgan fingerprint density at radius 2 is 2.40 bits per heavy atom. The molecule has 0 aromatic carbocycles. The van der Waals surface area contributed by atoms with Crippen molar-refractivity contribution >= 4 is 23.5 Å². The zero-order valence-electron chi connectivity index (χ0n) is 7.56. The molecule has 15 heavy (non-hydrogen) atoms. The monoisotopic (exact) mass is 225 g/mol. The quantitative estimate of drug-likeness (QED) is 0.572. The smallest absolute Gasteiger partial charge is 0.275 e. The first-order chi connectivity index (χ1) is 7.08. The van der Waals surface area contributed by atoms with Gasteiger partial charge in [0.25, 0.3) is 5.56 Å². The van der Waals surface area contributed by atoms with Gasteiger partial charge in [-0.2, -0.15) is 4.98 Å². The van der Waals surface area contributed by atoms with Crippen molar-refractivity contribution in [2.75, 3.05) is 11.1 Å². The number of aliphatic hydroxyl groups is 1. The number of aromatic nitrogens is 2. The lowest BCUT2D eigenvalue weighted by Crippen LogP contribution is -2.43. The molecular formula is C8H7N3O3S. The molecule has 2 aliphatic rings. The molecule has 0 bridgehead atoms. The van der Waals surface area contributed by atoms with E-state index in [1.54, 1.807) is 0 Å². The summed E-state index contributed by atoms with van der Waals surface area (Å²) in [7, 11) is 0. The van der Waals surface area contributed by atoms with Crippen LogP contribution in [-0.4, -0.2) is 26.3 Å². The minimum atomic E-state index is -1.22. The highest BCUT2D eigenvalue weighted by Gasteiger charge is 2.44. The van der Waals surface area contributed by atoms with Gasteiger partial charge in [0.05, 0.1) is 6.42 Å². The van der Waals surface area contributed by atoms with E-state index in [-0.39, 0.29) is 12.3 Å². The minimum absolute atomic E-state index is 0.00451. The first kappa shape index (κ1) is 8.93. The van der Waals surface area contributed by atoms with Gasteiger partial charge in [0.2, 0.25) is 5.91 Å². The van der Waals surface area contributed by atoms with Crippen molar-refractivity contribution < 1.29 is 9.90 Å². The number of nitrogens with zero attached hydrogens (tertiary/aromatic N) is 2. The van der Waals surface area contributed by atoms with Crippen molar-refractivity contribution in [3.05, 3.63) is 16.4 Å². The van der Waals surface area contributed by atoms with Crippen molar-refractivity contribution in [1.29, 1.82) is 0 Å². The van der Waals surface area contributed by atoms with Crippen LogP contribution in [0.2, 0.25) is 0 Å². The molecule has 6 nitrogen and oxygen atoms in total. The molecule has 2 N–H and O–H groups in total. The highest BCUT2D eigenvalue weighted by Crippen LogP contribution is 2.41. The summed E-state index contributed by atoms with van der Waals surface area (Å²) in [5.74, 6) is 0.398. The second-order valence-electron chi connectivity index (χ2n) is 3.59. The summed E-state index contributed by atoms with van der Waals surface area (Å²) in [6.07, 6.45) is 0.00451. The van der Waals surface area contributed by atoms with Crippen LogP contribution in [0.15, 0.2) is 16.0 Å². The maximum Gasteiger partial charge on any atom is 0.275 e. The van der Waals surface area contributed by atoms with Crippen molar-refractivity contribution in [3.63, 3.8) is 0 Å². The SMILES string of the molecule is O=C1C[C@@]2(O)CSc3nc(=O)cc(n32)N1. The largest absolute Gasteiger partial charge is 0.369 e. The molecule has 0 unspecified atom stereocenters. The molecule has 3 rings (SSSR count). The fraction of sp³-hybridized carbons (Fsp3) is 0.375. The lowest BCUT2D eigenvalue weighted by molar-refractivity contribution is -0.126. The molecule has 78 valence electrons. The van der Waals surface area contributed by atoms with Gasteiger partial charge in [-0.25, -0.2) is 0 Å². The van der Waals surface area contributed by atoms with Crippen molar-refractivity contribution in [1.82, 2.24) is 9.55 Å². The second kappa shape index (κ2) is 2.61. The third-order valence-corrected chi connectivity index (χ3v) is 3.60. The third kappa shape index (κ3) is 1.13. The average molecular weight is 225 g/mol. The fourth-order valence-electron chi connectivity index (χ4n) is 1.87. The van der Waals surface area contributed by atoms with Crippen LogP contribution in [0.1, 0.15) is 6.42 Å². The first-order valence-electron chi connectivity index (χ1n) is 4.38. The van der Waals surface area contributed by atoms with E-state index in [2.05, 4.69) is 10.3 Å². The predicted molar refractivity (Wildman–Crippen MR) is 52.7 cm³/mol. The van der Waals surface area contributed by atoms with E-state index in [1.807, 2.05) is 0 Å². The van der Waals surface area contributed by atoms with Gasteiger partial charge < -0.3 is 10.4 Å². The van der Waals surface area contributed by atoms with Gasteiger partial charge in [0.1, 0.15) is 5.82 Å². The predicted octanol–water partition coefficient (Wildman–Crippen LogP) is -0.664. The van der Waals surface area contributed by atoms with E-state index in [1.165, 1.54) is 22.4 Å². The summed E-state index contributed by atoms with van der Waals surface area (Å²) >= 11 is 1.28. The topological polar surface area (TPSA) is 84.2 Å². The normalized spacial score (nSPS) is 27.4. The van der Waals surface area contributed by atoms with E-state index in [4.69, 9.17) is 0 Å². The Balaban J connectivity index is 2.33. The molecule has 3 heterocycles. The molecule has 1 aromatic heterocycles. The van der Waals surface area contributed by atoms with Crippen LogP contribution in [0.4, 0.5) is 5.82 Å². The third-order valence-electron chi connectivity index (χ3n) is 2.46. The summed E-state index contributed by atoms with van der Waals surface area (Å²) in [5, 5.41) is 13.2. The van der Waals surface area contributed by atoms with Crippen LogP contribution in [0.3, 0.4) is 0 Å². The Morgan fingerprint density at radius 3 is 3.20 bits per heavy atom. The van der Waals surface area contributed by atoms with Gasteiger partial charge in [0.15, 0.2) is 10.9 Å². The average Bonchev–Trinajstić information content (AvgIpc) is 2.42. The van der Waals surface area contributed by atoms with E-state index >= 15 is 0 Å². The number of nitrogens with one attached hydrogen (secondary N) is 1. The van der Waals surface area contributed by atoms with Crippen LogP contribution in [0, 0.1) is 0 Å². The molecular weight excluding hydrogens is 218 g/mol. The standard InChI is InChI=1S/C8H7N3O3S/c12-5-1-4-9-6(13)2-8(14)3-15-7(10-5)11(4)8/h1,14H,2-3H2,(H,9,13)/t8-/m1/s1. The van der Waals surface area contributed by atoms with Crippen LogP contribution in [-0.2, 0) is 10.5 Å². The molecule has 0 saturated heterocycles. The maximum atomic E-state index is 11.3. The lowest BCUT2D eigenvalue weighted by atomic mass is 10.1. The molecule has 2 aliphatic heterocycles. The zero-order chi connectivity index (χ0) is 10.6. The summed E-state index contributed by atoms with van der Waals surface area (Å²) in [6.45, 7) is 0. The molecule has 1 atom stereocenters. The second-order valence-corrected chi connectivity index (χ2v) is 4.54. The van der Waals surface area contributed by atoms with E-state index in [9.17, 15) is 14.7 Å². The van der Waals surface area contributed by atoms with Gasteiger partial charge in [-0.3, -0.25) is 14.2 Å². The summed E-state index contributed by atoms with van der Waals surface area (Å²) in [4.78, 5) is 26.3. The molecule has 0 spiro atoms. The Labute approximate surface area is 88.3 Å². The molecule has 0 saturated carbocycles. The number of carbonyl (C=O) groups is 1. The Morgan fingerprint density at radius 1 is 1.60 bits per heavy atom. The van der Waals surface area contributed by atoms with Crippen LogP contribution < -0.4 is 10.9 Å². The van der Waals surface area contributed by atoms with Gasteiger partial charge in [-0.15, -0.1) is 0 Å². The number of thioether (sulfide) groups is 1. The minimum Gasteiger partial charge on any atom is -0.369 e. The highest BCUT2D eigenvalue weighted by molar-refractivity contribution is 7.99. The summed E-state index contributed by atoms with van der Waals surface area (Å²) in [5.41, 5.74) is -1.63. The first-order valence-corrected chi connectivity index (χ1v) is 5.37. The number of anilines is 1. The lowest BCUT2D eigenvalue weighted by Gasteiger charge is -2.31. The van der Waals surface area contributed by atoms with Gasteiger partial charge >= 0.3 is 0 Å². The highest BCUT2D eigenvalue weighted by atomic mass is 32.2. The van der Waals surface area contributed by atoms with Crippen molar-refractivity contribution in [2.24, 2.45) is 0 Å². The van der Waals surface area contributed by atoms with E-state index in [0.29, 0.717) is 16.7 Å². The Hall–Kier alpha value is -1.34. The van der Waals surface area contributed by atoms with Gasteiger partial charge in [0, 0.05) is 11.8 Å². The molecule has 7 heteroatoms. The zero-order valence-corrected chi connectivity index (χ0v) is 8.37. The molecule has 1 aromatic rings. The maximum absolute atomic E-state index is 11.3. The molecule has 0 aliphatic carbocycles. The number of carbonyl (C=O) groups excluding carboxylic acids is 1. The van der Waals surface area contributed by atoms with Crippen LogP contribution in [0.5, 0.6) is 0 Å².